The zero-order valence-electron chi connectivity index (χ0n) is 26.2. The maximum Gasteiger partial charge on any atom is 0.354 e. The Morgan fingerprint density at radius 1 is 1.19 bits per heavy atom. The maximum atomic E-state index is 14.3. The molecule has 8 nitrogen and oxygen atoms in total. The van der Waals surface area contributed by atoms with E-state index in [1.54, 1.807) is 14.0 Å². The largest absolute Gasteiger partial charge is 0.496 e. The van der Waals surface area contributed by atoms with Gasteiger partial charge in [-0.05, 0) is 73.4 Å². The minimum Gasteiger partial charge on any atom is -0.496 e. The van der Waals surface area contributed by atoms with E-state index in [9.17, 15) is 19.8 Å². The molecule has 2 aliphatic heterocycles. The Bertz CT molecular complexity index is 1470. The lowest BCUT2D eigenvalue weighted by Crippen LogP contribution is -2.58. The summed E-state index contributed by atoms with van der Waals surface area (Å²) >= 11 is 0. The number of piperidine rings is 1. The number of rotatable bonds is 5. The first-order valence-corrected chi connectivity index (χ1v) is 14.9. The van der Waals surface area contributed by atoms with Crippen LogP contribution in [0.25, 0.3) is 11.3 Å². The molecule has 0 bridgehead atoms. The highest BCUT2D eigenvalue weighted by atomic mass is 16.5. The van der Waals surface area contributed by atoms with Gasteiger partial charge in [0, 0.05) is 48.5 Å². The predicted molar refractivity (Wildman–Crippen MR) is 161 cm³/mol. The molecule has 2 N–H and O–H groups in total. The van der Waals surface area contributed by atoms with E-state index in [0.29, 0.717) is 36.3 Å². The number of carbonyl (C=O) groups is 2. The van der Waals surface area contributed by atoms with Crippen LogP contribution in [0.3, 0.4) is 0 Å². The molecule has 3 aliphatic rings. The molecule has 5 rings (SSSR count). The minimum atomic E-state index is -1.07. The molecule has 0 radical (unpaired) electrons. The second-order valence-electron chi connectivity index (χ2n) is 13.6. The fourth-order valence-electron chi connectivity index (χ4n) is 7.56. The number of fused-ring (bicyclic) bond motifs is 1. The van der Waals surface area contributed by atoms with Gasteiger partial charge in [-0.1, -0.05) is 27.7 Å². The van der Waals surface area contributed by atoms with Gasteiger partial charge in [0.2, 0.25) is 5.91 Å². The number of aryl methyl sites for hydroxylation is 1. The Hall–Kier alpha value is -3.39. The molecule has 1 aliphatic carbocycles. The number of carboxylic acid groups (broad SMARTS) is 1. The van der Waals surface area contributed by atoms with Gasteiger partial charge in [0.05, 0.1) is 30.6 Å². The highest BCUT2D eigenvalue weighted by Crippen LogP contribution is 2.55. The summed E-state index contributed by atoms with van der Waals surface area (Å²) in [5, 5.41) is 21.5. The first-order chi connectivity index (χ1) is 19.7. The molecule has 42 heavy (non-hydrogen) atoms. The van der Waals surface area contributed by atoms with Crippen LogP contribution in [-0.2, 0) is 9.53 Å². The van der Waals surface area contributed by atoms with Gasteiger partial charge in [-0.3, -0.25) is 4.79 Å². The molecule has 226 valence electrons. The van der Waals surface area contributed by atoms with Crippen molar-refractivity contribution in [2.45, 2.75) is 91.9 Å². The van der Waals surface area contributed by atoms with Gasteiger partial charge in [-0.2, -0.15) is 0 Å². The quantitative estimate of drug-likeness (QED) is 0.463. The Labute approximate surface area is 248 Å². The fourth-order valence-corrected chi connectivity index (χ4v) is 7.56. The van der Waals surface area contributed by atoms with Crippen LogP contribution >= 0.6 is 0 Å². The number of hydrogen-bond donors (Lipinski definition) is 2. The van der Waals surface area contributed by atoms with Gasteiger partial charge in [0.15, 0.2) is 5.69 Å². The van der Waals surface area contributed by atoms with Crippen LogP contribution in [0.15, 0.2) is 29.5 Å². The van der Waals surface area contributed by atoms with E-state index >= 15 is 0 Å². The van der Waals surface area contributed by atoms with E-state index < -0.39 is 23.9 Å². The van der Waals surface area contributed by atoms with Crippen molar-refractivity contribution in [2.24, 2.45) is 17.3 Å². The van der Waals surface area contributed by atoms with Crippen molar-refractivity contribution in [2.75, 3.05) is 14.2 Å². The number of aromatic nitrogens is 1. The number of nitrogens with zero attached hydrogens (tertiary/aromatic N) is 2. The van der Waals surface area contributed by atoms with Gasteiger partial charge < -0.3 is 24.6 Å². The second-order valence-corrected chi connectivity index (χ2v) is 13.6. The molecule has 3 heterocycles. The van der Waals surface area contributed by atoms with Crippen LogP contribution in [0.1, 0.15) is 85.6 Å². The van der Waals surface area contributed by atoms with Crippen LogP contribution in [0.5, 0.6) is 5.75 Å². The van der Waals surface area contributed by atoms with Gasteiger partial charge in [-0.25, -0.2) is 9.78 Å². The SMILES string of the molecule is COc1ccc(-c2cc(C)c(C)c(C(=O)O)n2)c(C)c1[C@H]1C2=C(CC(C)(C)CC2O)O[C@H]2C[C@@H](C(C)C)N(C)C(=O)[C@@H]21. The van der Waals surface area contributed by atoms with Crippen LogP contribution in [0.2, 0.25) is 0 Å². The van der Waals surface area contributed by atoms with Crippen molar-refractivity contribution in [3.63, 3.8) is 0 Å². The van der Waals surface area contributed by atoms with Gasteiger partial charge >= 0.3 is 5.97 Å². The molecule has 1 amide bonds. The number of methoxy groups -OCH3 is 1. The van der Waals surface area contributed by atoms with Crippen LogP contribution in [-0.4, -0.2) is 64.4 Å². The lowest BCUT2D eigenvalue weighted by Gasteiger charge is -2.52. The molecule has 0 saturated carbocycles. The monoisotopic (exact) mass is 576 g/mol. The molecule has 0 spiro atoms. The van der Waals surface area contributed by atoms with Gasteiger partial charge in [-0.15, -0.1) is 0 Å². The number of benzene rings is 1. The zero-order chi connectivity index (χ0) is 30.8. The molecule has 1 unspecified atom stereocenters. The lowest BCUT2D eigenvalue weighted by atomic mass is 9.63. The predicted octanol–water partition coefficient (Wildman–Crippen LogP) is 5.80. The molecular formula is C34H44N2O6. The number of ether oxygens (including phenoxy) is 2. The summed E-state index contributed by atoms with van der Waals surface area (Å²) in [7, 11) is 3.49. The average Bonchev–Trinajstić information content (AvgIpc) is 2.89. The van der Waals surface area contributed by atoms with E-state index in [2.05, 4.69) is 32.7 Å². The number of carbonyl (C=O) groups excluding carboxylic acids is 1. The summed E-state index contributed by atoms with van der Waals surface area (Å²) in [4.78, 5) is 32.7. The zero-order valence-corrected chi connectivity index (χ0v) is 26.2. The van der Waals surface area contributed by atoms with Crippen LogP contribution in [0, 0.1) is 38.0 Å². The lowest BCUT2D eigenvalue weighted by molar-refractivity contribution is -0.154. The standard InChI is InChI=1S/C34H44N2O6/c1-16(2)22-13-25-29(32(38)36(22)8)30(28-23(37)14-34(6,7)15-26(28)42-25)27-19(5)20(10-11-24(27)41-9)21-12-17(3)18(4)31(35-21)33(39)40/h10-12,16,22-23,25,29-30,37H,13-15H2,1-9H3,(H,39,40)/t22-,23?,25-,29-,30-/m0/s1. The van der Waals surface area contributed by atoms with Crippen molar-refractivity contribution >= 4 is 11.9 Å². The van der Waals surface area contributed by atoms with E-state index in [0.717, 1.165) is 33.6 Å². The number of pyridine rings is 1. The van der Waals surface area contributed by atoms with Crippen LogP contribution < -0.4 is 4.74 Å². The van der Waals surface area contributed by atoms with Gasteiger partial charge in [0.25, 0.3) is 0 Å². The van der Waals surface area contributed by atoms with Crippen molar-refractivity contribution < 1.29 is 29.3 Å². The summed E-state index contributed by atoms with van der Waals surface area (Å²) in [5.74, 6) is -0.399. The summed E-state index contributed by atoms with van der Waals surface area (Å²) < 4.78 is 12.7. The number of aliphatic hydroxyl groups is 1. The normalized spacial score (nSPS) is 27.0. The van der Waals surface area contributed by atoms with E-state index in [4.69, 9.17) is 9.47 Å². The first kappa shape index (κ1) is 30.1. The number of allylic oxidation sites excluding steroid dienone is 1. The van der Waals surface area contributed by atoms with E-state index in [1.165, 1.54) is 0 Å². The summed E-state index contributed by atoms with van der Waals surface area (Å²) in [6.45, 7) is 14.2. The first-order valence-electron chi connectivity index (χ1n) is 14.9. The molecule has 5 atom stereocenters. The Balaban J connectivity index is 1.77. The molecule has 1 aromatic carbocycles. The fraction of sp³-hybridized carbons (Fsp3) is 0.559. The Kier molecular flexibility index (Phi) is 7.67. The maximum absolute atomic E-state index is 14.3. The molecule has 8 heteroatoms. The average molecular weight is 577 g/mol. The van der Waals surface area contributed by atoms with Crippen LogP contribution in [0.4, 0.5) is 0 Å². The topological polar surface area (TPSA) is 109 Å². The third-order valence-corrected chi connectivity index (χ3v) is 9.84. The number of likely N-dealkylation sites (tertiary alicyclic amines) is 1. The van der Waals surface area contributed by atoms with Crippen molar-refractivity contribution in [3.05, 3.63) is 57.5 Å². The highest BCUT2D eigenvalue weighted by molar-refractivity contribution is 5.89. The number of amides is 1. The smallest absolute Gasteiger partial charge is 0.354 e. The Morgan fingerprint density at radius 2 is 1.88 bits per heavy atom. The van der Waals surface area contributed by atoms with E-state index in [1.807, 2.05) is 44.0 Å². The molecule has 1 saturated heterocycles. The number of hydrogen-bond acceptors (Lipinski definition) is 6. The van der Waals surface area contributed by atoms with E-state index in [-0.39, 0.29) is 35.1 Å². The van der Waals surface area contributed by atoms with Gasteiger partial charge in [0.1, 0.15) is 11.9 Å². The van der Waals surface area contributed by atoms with Crippen molar-refractivity contribution in [1.82, 2.24) is 9.88 Å². The van der Waals surface area contributed by atoms with Crippen molar-refractivity contribution in [1.29, 1.82) is 0 Å². The highest BCUT2D eigenvalue weighted by Gasteiger charge is 2.55. The number of aromatic carboxylic acids is 1. The summed E-state index contributed by atoms with van der Waals surface area (Å²) in [5.41, 5.74) is 5.07. The minimum absolute atomic E-state index is 0.00265. The Morgan fingerprint density at radius 3 is 2.50 bits per heavy atom. The van der Waals surface area contributed by atoms with Crippen molar-refractivity contribution in [3.8, 4) is 17.0 Å². The molecule has 1 aromatic heterocycles. The number of aliphatic hydroxyl groups excluding tert-OH is 1. The number of carboxylic acids is 1. The molecule has 2 aromatic rings. The third-order valence-electron chi connectivity index (χ3n) is 9.84. The second kappa shape index (κ2) is 10.7. The summed E-state index contributed by atoms with van der Waals surface area (Å²) in [6, 6.07) is 5.72. The molecule has 1 fully saturated rings. The third kappa shape index (κ3) is 4.87. The molecular weight excluding hydrogens is 532 g/mol. The summed E-state index contributed by atoms with van der Waals surface area (Å²) in [6.07, 6.45) is 0.829.